The van der Waals surface area contributed by atoms with E-state index in [-0.39, 0.29) is 12.5 Å². The second-order valence-electron chi connectivity index (χ2n) is 5.79. The van der Waals surface area contributed by atoms with Crippen molar-refractivity contribution >= 4 is 5.97 Å². The van der Waals surface area contributed by atoms with Gasteiger partial charge in [-0.3, -0.25) is 4.79 Å². The number of aliphatic hydroxyl groups is 1. The zero-order valence-corrected chi connectivity index (χ0v) is 12.7. The maximum Gasteiger partial charge on any atom is 0.303 e. The number of epoxide rings is 1. The molecular weight excluding hydrogens is 258 g/mol. The van der Waals surface area contributed by atoms with E-state index < -0.39 is 17.8 Å². The van der Waals surface area contributed by atoms with Gasteiger partial charge in [-0.2, -0.15) is 7.05 Å². The molecule has 1 heterocycles. The Hall–Kier alpha value is -0.650. The van der Waals surface area contributed by atoms with Crippen LogP contribution in [-0.4, -0.2) is 41.2 Å². The molecule has 1 saturated heterocycles. The molecule has 1 rings (SSSR count). The Morgan fingerprint density at radius 1 is 1.20 bits per heavy atom. The lowest BCUT2D eigenvalue weighted by molar-refractivity contribution is -0.137. The second kappa shape index (κ2) is 8.60. The summed E-state index contributed by atoms with van der Waals surface area (Å²) in [4.78, 5) is 10.3. The monoisotopic (exact) mass is 286 g/mol. The highest BCUT2D eigenvalue weighted by atomic mass is 16.6. The van der Waals surface area contributed by atoms with Crippen LogP contribution in [0.3, 0.4) is 0 Å². The molecule has 0 saturated carbocycles. The number of hydrogen-bond donors (Lipinski definition) is 2. The van der Waals surface area contributed by atoms with Crippen molar-refractivity contribution < 1.29 is 19.7 Å². The summed E-state index contributed by atoms with van der Waals surface area (Å²) in [5.74, 6) is -0.702. The highest BCUT2D eigenvalue weighted by Gasteiger charge is 2.47. The molecule has 0 aromatic heterocycles. The SMILES string of the molecule is C[N-][C@]1(C)O[C@@H]1[C@H](O)CCCCCCCCCC(=O)O. The van der Waals surface area contributed by atoms with Crippen LogP contribution in [0.15, 0.2) is 0 Å². The maximum absolute atomic E-state index is 10.3. The van der Waals surface area contributed by atoms with Crippen LogP contribution in [0.2, 0.25) is 0 Å². The molecule has 0 aromatic carbocycles. The highest BCUT2D eigenvalue weighted by Crippen LogP contribution is 2.43. The predicted molar refractivity (Wildman–Crippen MR) is 77.8 cm³/mol. The molecule has 1 aliphatic heterocycles. The van der Waals surface area contributed by atoms with Crippen molar-refractivity contribution in [2.24, 2.45) is 0 Å². The van der Waals surface area contributed by atoms with Gasteiger partial charge in [0.2, 0.25) is 0 Å². The Bertz CT molecular complexity index is 298. The molecule has 0 aromatic rings. The normalized spacial score (nSPS) is 26.4. The van der Waals surface area contributed by atoms with Crippen LogP contribution in [0.4, 0.5) is 0 Å². The predicted octanol–water partition coefficient (Wildman–Crippen LogP) is 3.06. The van der Waals surface area contributed by atoms with Gasteiger partial charge in [0.1, 0.15) is 0 Å². The smallest absolute Gasteiger partial charge is 0.303 e. The zero-order chi connectivity index (χ0) is 15.0. The average Bonchev–Trinajstić information content (AvgIpc) is 3.09. The molecule has 2 N–H and O–H groups in total. The summed E-state index contributed by atoms with van der Waals surface area (Å²) in [5.41, 5.74) is -0.455. The second-order valence-corrected chi connectivity index (χ2v) is 5.79. The van der Waals surface area contributed by atoms with Crippen LogP contribution < -0.4 is 0 Å². The summed E-state index contributed by atoms with van der Waals surface area (Å²) in [6.45, 7) is 1.90. The summed E-state index contributed by atoms with van der Waals surface area (Å²) in [5, 5.41) is 22.6. The molecule has 3 atom stereocenters. The molecule has 0 amide bonds. The number of rotatable bonds is 12. The molecule has 5 nitrogen and oxygen atoms in total. The van der Waals surface area contributed by atoms with Gasteiger partial charge in [0.25, 0.3) is 0 Å². The number of aliphatic carboxylic acids is 1. The number of carboxylic acid groups (broad SMARTS) is 1. The van der Waals surface area contributed by atoms with Crippen molar-refractivity contribution in [2.75, 3.05) is 7.05 Å². The van der Waals surface area contributed by atoms with Gasteiger partial charge in [-0.05, 0) is 12.8 Å². The van der Waals surface area contributed by atoms with Crippen molar-refractivity contribution in [3.8, 4) is 0 Å². The van der Waals surface area contributed by atoms with E-state index in [4.69, 9.17) is 9.84 Å². The summed E-state index contributed by atoms with van der Waals surface area (Å²) in [6.07, 6.45) is 7.85. The third-order valence-corrected chi connectivity index (χ3v) is 4.02. The van der Waals surface area contributed by atoms with Gasteiger partial charge < -0.3 is 20.3 Å². The average molecular weight is 286 g/mol. The third-order valence-electron chi connectivity index (χ3n) is 4.02. The summed E-state index contributed by atoms with van der Waals surface area (Å²) < 4.78 is 5.39. The fourth-order valence-corrected chi connectivity index (χ4v) is 2.50. The fourth-order valence-electron chi connectivity index (χ4n) is 2.50. The van der Waals surface area contributed by atoms with Crippen LogP contribution in [0.1, 0.15) is 64.7 Å². The molecule has 0 unspecified atom stereocenters. The molecule has 1 aliphatic rings. The number of nitrogens with zero attached hydrogens (tertiary/aromatic N) is 1. The molecule has 1 fully saturated rings. The minimum absolute atomic E-state index is 0.122. The molecular formula is C15H28NO4-. The Kier molecular flexibility index (Phi) is 7.48. The van der Waals surface area contributed by atoms with Gasteiger partial charge >= 0.3 is 5.97 Å². The van der Waals surface area contributed by atoms with Gasteiger partial charge in [0.05, 0.1) is 12.2 Å². The van der Waals surface area contributed by atoms with E-state index in [0.717, 1.165) is 51.4 Å². The summed E-state index contributed by atoms with van der Waals surface area (Å²) in [7, 11) is 1.72. The Morgan fingerprint density at radius 3 is 2.25 bits per heavy atom. The molecule has 20 heavy (non-hydrogen) atoms. The number of unbranched alkanes of at least 4 members (excludes halogenated alkanes) is 6. The number of aliphatic hydroxyl groups excluding tert-OH is 1. The lowest BCUT2D eigenvalue weighted by atomic mass is 10.0. The van der Waals surface area contributed by atoms with E-state index in [0.29, 0.717) is 0 Å². The van der Waals surface area contributed by atoms with E-state index in [1.54, 1.807) is 7.05 Å². The van der Waals surface area contributed by atoms with Crippen LogP contribution in [0.5, 0.6) is 0 Å². The van der Waals surface area contributed by atoms with Gasteiger partial charge in [-0.1, -0.05) is 45.4 Å². The standard InChI is InChI=1S/C15H28NO4/c1-15(16-2)14(20-15)12(17)10-8-6-4-3-5-7-9-11-13(18)19/h12,14,17H,3-11H2,1-2H3,(H,18,19)/q-1/t12-,14-,15-/m1/s1. The first kappa shape index (κ1) is 17.4. The summed E-state index contributed by atoms with van der Waals surface area (Å²) in [6, 6.07) is 0. The van der Waals surface area contributed by atoms with Gasteiger partial charge in [-0.15, -0.1) is 0 Å². The van der Waals surface area contributed by atoms with E-state index in [1.807, 2.05) is 6.92 Å². The Labute approximate surface area is 121 Å². The van der Waals surface area contributed by atoms with E-state index >= 15 is 0 Å². The molecule has 0 aliphatic carbocycles. The van der Waals surface area contributed by atoms with E-state index in [1.165, 1.54) is 0 Å². The Morgan fingerprint density at radius 2 is 1.75 bits per heavy atom. The fraction of sp³-hybridized carbons (Fsp3) is 0.933. The first-order chi connectivity index (χ1) is 9.49. The minimum atomic E-state index is -0.702. The lowest BCUT2D eigenvalue weighted by Gasteiger charge is -2.20. The van der Waals surface area contributed by atoms with Crippen molar-refractivity contribution in [1.29, 1.82) is 0 Å². The molecule has 5 heteroatoms. The van der Waals surface area contributed by atoms with E-state index in [9.17, 15) is 9.90 Å². The molecule has 118 valence electrons. The number of hydrogen-bond acceptors (Lipinski definition) is 3. The van der Waals surface area contributed by atoms with Crippen molar-refractivity contribution in [3.63, 3.8) is 0 Å². The first-order valence-electron chi connectivity index (χ1n) is 7.68. The number of likely N-dealkylation sites (N-methyl/N-ethyl adjacent to an activating group) is 1. The lowest BCUT2D eigenvalue weighted by Crippen LogP contribution is -2.21. The van der Waals surface area contributed by atoms with Crippen molar-refractivity contribution in [3.05, 3.63) is 5.32 Å². The maximum atomic E-state index is 10.3. The zero-order valence-electron chi connectivity index (χ0n) is 12.7. The van der Waals surface area contributed by atoms with Gasteiger partial charge in [0.15, 0.2) is 0 Å². The highest BCUT2D eigenvalue weighted by molar-refractivity contribution is 5.66. The van der Waals surface area contributed by atoms with Crippen LogP contribution in [-0.2, 0) is 9.53 Å². The Balaban J connectivity index is 1.87. The first-order valence-corrected chi connectivity index (χ1v) is 7.68. The number of ether oxygens (including phenoxy) is 1. The molecule has 0 radical (unpaired) electrons. The van der Waals surface area contributed by atoms with Crippen LogP contribution >= 0.6 is 0 Å². The topological polar surface area (TPSA) is 84.2 Å². The summed E-state index contributed by atoms with van der Waals surface area (Å²) >= 11 is 0. The largest absolute Gasteiger partial charge is 0.634 e. The number of carbonyl (C=O) groups is 1. The minimum Gasteiger partial charge on any atom is -0.634 e. The van der Waals surface area contributed by atoms with Gasteiger partial charge in [0, 0.05) is 12.1 Å². The molecule has 0 bridgehead atoms. The van der Waals surface area contributed by atoms with Crippen molar-refractivity contribution in [2.45, 2.75) is 82.6 Å². The number of carboxylic acids is 1. The van der Waals surface area contributed by atoms with Gasteiger partial charge in [-0.25, -0.2) is 0 Å². The quantitative estimate of drug-likeness (QED) is 0.426. The van der Waals surface area contributed by atoms with Crippen LogP contribution in [0.25, 0.3) is 5.32 Å². The van der Waals surface area contributed by atoms with Crippen molar-refractivity contribution in [1.82, 2.24) is 0 Å². The van der Waals surface area contributed by atoms with Crippen LogP contribution in [0, 0.1) is 0 Å². The third kappa shape index (κ3) is 6.20. The van der Waals surface area contributed by atoms with E-state index in [2.05, 4.69) is 5.32 Å². The molecule has 0 spiro atoms.